The van der Waals surface area contributed by atoms with Gasteiger partial charge >= 0.3 is 6.18 Å². The highest BCUT2D eigenvalue weighted by molar-refractivity contribution is 6.05. The number of hydrogen-bond acceptors (Lipinski definition) is 2. The van der Waals surface area contributed by atoms with Crippen LogP contribution in [0.4, 0.5) is 17.6 Å². The molecule has 2 aliphatic carbocycles. The van der Waals surface area contributed by atoms with Gasteiger partial charge in [-0.1, -0.05) is 0 Å². The number of carbonyl (C=O) groups excluding carboxylic acids is 1. The van der Waals surface area contributed by atoms with Crippen molar-refractivity contribution in [2.75, 3.05) is 0 Å². The van der Waals surface area contributed by atoms with Crippen LogP contribution in [0.2, 0.25) is 0 Å². The van der Waals surface area contributed by atoms with Crippen LogP contribution in [0.5, 0.6) is 0 Å². The van der Waals surface area contributed by atoms with Crippen molar-refractivity contribution in [3.8, 4) is 0 Å². The van der Waals surface area contributed by atoms with Crippen LogP contribution in [0.25, 0.3) is 0 Å². The van der Waals surface area contributed by atoms with Gasteiger partial charge in [0.15, 0.2) is 11.5 Å². The van der Waals surface area contributed by atoms with Crippen LogP contribution in [-0.4, -0.2) is 16.0 Å². The van der Waals surface area contributed by atoms with E-state index in [0.717, 1.165) is 0 Å². The molecule has 0 amide bonds. The second-order valence-corrected chi connectivity index (χ2v) is 3.80. The second kappa shape index (κ2) is 2.07. The molecule has 2 atom stereocenters. The molecule has 7 heteroatoms. The summed E-state index contributed by atoms with van der Waals surface area (Å²) in [6.45, 7) is 0. The van der Waals surface area contributed by atoms with Crippen LogP contribution in [0.15, 0.2) is 0 Å². The maximum atomic E-state index is 13.8. The minimum absolute atomic E-state index is 0.151. The molecule has 0 saturated heterocycles. The molecule has 1 aromatic heterocycles. The van der Waals surface area contributed by atoms with Crippen molar-refractivity contribution in [1.29, 1.82) is 0 Å². The first-order valence-electron chi connectivity index (χ1n) is 4.25. The van der Waals surface area contributed by atoms with Crippen LogP contribution in [0, 0.1) is 5.92 Å². The molecular formula is C8H4F4N2O. The minimum atomic E-state index is -4.70. The van der Waals surface area contributed by atoms with Crippen LogP contribution in [0.1, 0.15) is 28.2 Å². The Kier molecular flexibility index (Phi) is 1.23. The molecule has 1 fully saturated rings. The lowest BCUT2D eigenvalue weighted by molar-refractivity contribution is -0.142. The van der Waals surface area contributed by atoms with E-state index in [2.05, 4.69) is 5.10 Å². The summed E-state index contributed by atoms with van der Waals surface area (Å²) < 4.78 is 51.0. The van der Waals surface area contributed by atoms with E-state index in [9.17, 15) is 22.4 Å². The van der Waals surface area contributed by atoms with Crippen LogP contribution >= 0.6 is 0 Å². The van der Waals surface area contributed by atoms with Crippen LogP contribution in [-0.2, 0) is 11.8 Å². The molecule has 2 aliphatic rings. The van der Waals surface area contributed by atoms with Crippen LogP contribution < -0.4 is 0 Å². The SMILES string of the molecule is O=C1c2n[nH]c(C(F)(F)F)c2C2(F)CC12. The number of carbonyl (C=O) groups is 1. The topological polar surface area (TPSA) is 45.8 Å². The number of ketones is 1. The maximum absolute atomic E-state index is 13.8. The quantitative estimate of drug-likeness (QED) is 0.677. The van der Waals surface area contributed by atoms with Crippen LogP contribution in [0.3, 0.4) is 0 Å². The third-order valence-electron chi connectivity index (χ3n) is 2.91. The highest BCUT2D eigenvalue weighted by Crippen LogP contribution is 2.64. The molecule has 15 heavy (non-hydrogen) atoms. The second-order valence-electron chi connectivity index (χ2n) is 3.80. The molecule has 1 saturated carbocycles. The number of aromatic amines is 1. The normalized spacial score (nSPS) is 32.8. The zero-order chi connectivity index (χ0) is 11.0. The summed E-state index contributed by atoms with van der Waals surface area (Å²) in [7, 11) is 0. The molecule has 2 unspecified atom stereocenters. The van der Waals surface area contributed by atoms with Gasteiger partial charge in [0.25, 0.3) is 0 Å². The fraction of sp³-hybridized carbons (Fsp3) is 0.500. The van der Waals surface area contributed by atoms with E-state index in [1.165, 1.54) is 0 Å². The lowest BCUT2D eigenvalue weighted by atomic mass is 10.1. The average molecular weight is 220 g/mol. The zero-order valence-corrected chi connectivity index (χ0v) is 7.15. The molecular weight excluding hydrogens is 216 g/mol. The largest absolute Gasteiger partial charge is 0.433 e. The molecule has 0 spiro atoms. The maximum Gasteiger partial charge on any atom is 0.433 e. The predicted molar refractivity (Wildman–Crippen MR) is 38.8 cm³/mol. The molecule has 3 rings (SSSR count). The van der Waals surface area contributed by atoms with E-state index in [0.29, 0.717) is 0 Å². The van der Waals surface area contributed by atoms with Crippen molar-refractivity contribution < 1.29 is 22.4 Å². The van der Waals surface area contributed by atoms with Crippen molar-refractivity contribution in [3.05, 3.63) is 17.0 Å². The lowest BCUT2D eigenvalue weighted by Crippen LogP contribution is -2.12. The first-order chi connectivity index (χ1) is 6.86. The third-order valence-corrected chi connectivity index (χ3v) is 2.91. The molecule has 0 bridgehead atoms. The highest BCUT2D eigenvalue weighted by atomic mass is 19.4. The fourth-order valence-corrected chi connectivity index (χ4v) is 2.11. The molecule has 1 heterocycles. The van der Waals surface area contributed by atoms with Gasteiger partial charge in [0.05, 0.1) is 11.5 Å². The molecule has 3 nitrogen and oxygen atoms in total. The van der Waals surface area contributed by atoms with E-state index in [4.69, 9.17) is 0 Å². The van der Waals surface area contributed by atoms with Gasteiger partial charge in [-0.05, 0) is 0 Å². The summed E-state index contributed by atoms with van der Waals surface area (Å²) in [4.78, 5) is 11.3. The Morgan fingerprint density at radius 3 is 2.73 bits per heavy atom. The third kappa shape index (κ3) is 0.859. The van der Waals surface area contributed by atoms with Gasteiger partial charge < -0.3 is 0 Å². The number of alkyl halides is 4. The van der Waals surface area contributed by atoms with E-state index in [1.54, 1.807) is 5.10 Å². The molecule has 80 valence electrons. The van der Waals surface area contributed by atoms with E-state index in [-0.39, 0.29) is 12.1 Å². The van der Waals surface area contributed by atoms with Crippen molar-refractivity contribution in [2.24, 2.45) is 5.92 Å². The molecule has 1 N–H and O–H groups in total. The number of fused-ring (bicyclic) bond motifs is 3. The minimum Gasteiger partial charge on any atom is -0.292 e. The monoisotopic (exact) mass is 220 g/mol. The number of halogens is 4. The van der Waals surface area contributed by atoms with Gasteiger partial charge in [0.2, 0.25) is 0 Å². The fourth-order valence-electron chi connectivity index (χ4n) is 2.11. The smallest absolute Gasteiger partial charge is 0.292 e. The first-order valence-corrected chi connectivity index (χ1v) is 4.25. The molecule has 1 aromatic rings. The number of aromatic nitrogens is 2. The van der Waals surface area contributed by atoms with E-state index in [1.807, 2.05) is 0 Å². The van der Waals surface area contributed by atoms with Gasteiger partial charge in [0, 0.05) is 6.42 Å². The van der Waals surface area contributed by atoms with E-state index < -0.39 is 34.8 Å². The number of nitrogens with zero attached hydrogens (tertiary/aromatic N) is 1. The molecule has 0 aromatic carbocycles. The Bertz CT molecular complexity index is 477. The Morgan fingerprint density at radius 1 is 1.47 bits per heavy atom. The lowest BCUT2D eigenvalue weighted by Gasteiger charge is -2.07. The number of nitrogens with one attached hydrogen (secondary N) is 1. The summed E-state index contributed by atoms with van der Waals surface area (Å²) in [6.07, 6.45) is -4.85. The predicted octanol–water partition coefficient (Wildman–Crippen LogP) is 1.81. The Morgan fingerprint density at radius 2 is 2.13 bits per heavy atom. The molecule has 0 aliphatic heterocycles. The summed E-state index contributed by atoms with van der Waals surface area (Å²) in [6, 6.07) is 0. The van der Waals surface area contributed by atoms with Crippen molar-refractivity contribution >= 4 is 5.78 Å². The van der Waals surface area contributed by atoms with Crippen molar-refractivity contribution in [2.45, 2.75) is 18.3 Å². The number of Topliss-reactive ketones (excluding diaryl/α,β-unsaturated/α-hetero) is 1. The standard InChI is InChI=1S/C8H4F4N2O/c9-7-1-2(7)5(15)4-3(7)6(14-13-4)8(10,11)12/h2H,1H2,(H,13,14). The summed E-state index contributed by atoms with van der Waals surface area (Å²) in [5.41, 5.74) is -4.33. The number of hydrogen-bond donors (Lipinski definition) is 1. The average Bonchev–Trinajstić information content (AvgIpc) is 2.58. The Hall–Kier alpha value is -1.40. The summed E-state index contributed by atoms with van der Waals surface area (Å²) in [5, 5.41) is 4.93. The van der Waals surface area contributed by atoms with Gasteiger partial charge in [-0.15, -0.1) is 0 Å². The summed E-state index contributed by atoms with van der Waals surface area (Å²) >= 11 is 0. The van der Waals surface area contributed by atoms with Gasteiger partial charge in [-0.25, -0.2) is 4.39 Å². The first kappa shape index (κ1) is 8.87. The number of rotatable bonds is 0. The summed E-state index contributed by atoms with van der Waals surface area (Å²) in [5.74, 6) is -1.56. The Balaban J connectivity index is 2.24. The number of H-pyrrole nitrogens is 1. The van der Waals surface area contributed by atoms with Gasteiger partial charge in [-0.2, -0.15) is 18.3 Å². The Labute approximate surface area is 80.5 Å². The highest BCUT2D eigenvalue weighted by Gasteiger charge is 2.70. The van der Waals surface area contributed by atoms with Gasteiger partial charge in [0.1, 0.15) is 11.4 Å². The van der Waals surface area contributed by atoms with Crippen molar-refractivity contribution in [3.63, 3.8) is 0 Å². The van der Waals surface area contributed by atoms with Gasteiger partial charge in [-0.3, -0.25) is 9.89 Å². The van der Waals surface area contributed by atoms with Crippen molar-refractivity contribution in [1.82, 2.24) is 10.2 Å². The molecule has 0 radical (unpaired) electrons. The zero-order valence-electron chi connectivity index (χ0n) is 7.15. The van der Waals surface area contributed by atoms with E-state index >= 15 is 0 Å².